The molecule has 0 aliphatic rings. The molecule has 0 radical (unpaired) electrons. The predicted molar refractivity (Wildman–Crippen MR) is 114 cm³/mol. The average Bonchev–Trinajstić information content (AvgIpc) is 3.13. The molecule has 1 heterocycles. The van der Waals surface area contributed by atoms with Gasteiger partial charge in [-0.25, -0.2) is 4.79 Å². The van der Waals surface area contributed by atoms with E-state index in [1.54, 1.807) is 37.3 Å². The molecule has 0 spiro atoms. The molecule has 1 N–H and O–H groups in total. The van der Waals surface area contributed by atoms with Crippen molar-refractivity contribution in [3.63, 3.8) is 0 Å². The summed E-state index contributed by atoms with van der Waals surface area (Å²) in [5.74, 6) is 0.187. The van der Waals surface area contributed by atoms with Crippen LogP contribution in [0.25, 0.3) is 6.08 Å². The van der Waals surface area contributed by atoms with Gasteiger partial charge < -0.3 is 19.0 Å². The van der Waals surface area contributed by atoms with Crippen molar-refractivity contribution in [2.24, 2.45) is 0 Å². The van der Waals surface area contributed by atoms with E-state index < -0.39 is 5.97 Å². The summed E-state index contributed by atoms with van der Waals surface area (Å²) in [6, 6.07) is 10.3. The van der Waals surface area contributed by atoms with Crippen LogP contribution in [0.2, 0.25) is 10.0 Å². The van der Waals surface area contributed by atoms with Crippen LogP contribution >= 0.6 is 35.0 Å². The Hall–Kier alpha value is -2.68. The minimum absolute atomic E-state index is 0.0187. The molecular weight excluding hydrogens is 451 g/mol. The summed E-state index contributed by atoms with van der Waals surface area (Å²) in [5.41, 5.74) is 1.45. The number of aryl methyl sites for hydroxylation is 1. The average molecular weight is 467 g/mol. The largest absolute Gasteiger partial charge is 0.493 e. The summed E-state index contributed by atoms with van der Waals surface area (Å²) >= 11 is 12.8. The second-order valence-corrected chi connectivity index (χ2v) is 7.76. The summed E-state index contributed by atoms with van der Waals surface area (Å²) in [7, 11) is 1.50. The second kappa shape index (κ2) is 9.88. The molecule has 0 aliphatic heterocycles. The molecule has 7 nitrogen and oxygen atoms in total. The van der Waals surface area contributed by atoms with Gasteiger partial charge in [0.2, 0.25) is 5.89 Å². The number of methoxy groups -OCH3 is 1. The molecule has 0 fully saturated rings. The van der Waals surface area contributed by atoms with E-state index in [4.69, 9.17) is 37.1 Å². The predicted octanol–water partition coefficient (Wildman–Crippen LogP) is 5.49. The van der Waals surface area contributed by atoms with Gasteiger partial charge in [-0.2, -0.15) is 0 Å². The lowest BCUT2D eigenvalue weighted by atomic mass is 10.2. The number of rotatable bonds is 8. The van der Waals surface area contributed by atoms with Crippen molar-refractivity contribution >= 4 is 47.0 Å². The van der Waals surface area contributed by atoms with E-state index in [9.17, 15) is 9.90 Å². The number of hydrogen-bond acceptors (Lipinski definition) is 7. The summed E-state index contributed by atoms with van der Waals surface area (Å²) < 4.78 is 16.4. The van der Waals surface area contributed by atoms with Gasteiger partial charge in [0, 0.05) is 6.92 Å². The van der Waals surface area contributed by atoms with Crippen LogP contribution in [0.5, 0.6) is 11.5 Å². The third kappa shape index (κ3) is 5.69. The Labute approximate surface area is 186 Å². The third-order valence-electron chi connectivity index (χ3n) is 3.78. The first-order valence-electron chi connectivity index (χ1n) is 8.53. The number of nitrogens with zero attached hydrogens (tertiary/aromatic N) is 2. The van der Waals surface area contributed by atoms with E-state index in [0.29, 0.717) is 33.0 Å². The Balaban J connectivity index is 1.78. The number of aromatic nitrogens is 2. The molecule has 0 saturated carbocycles. The molecule has 1 aromatic heterocycles. The fraction of sp³-hybridized carbons (Fsp3) is 0.150. The minimum Gasteiger partial charge on any atom is -0.493 e. The Morgan fingerprint density at radius 3 is 2.60 bits per heavy atom. The van der Waals surface area contributed by atoms with Crippen LogP contribution in [0.4, 0.5) is 0 Å². The summed E-state index contributed by atoms with van der Waals surface area (Å²) in [6.45, 7) is 1.89. The molecule has 156 valence electrons. The van der Waals surface area contributed by atoms with Crippen molar-refractivity contribution < 1.29 is 23.8 Å². The molecule has 0 saturated heterocycles. The van der Waals surface area contributed by atoms with Crippen LogP contribution in [-0.4, -0.2) is 28.4 Å². The smallest absolute Gasteiger partial charge is 0.342 e. The fourth-order valence-corrected chi connectivity index (χ4v) is 3.42. The molecule has 3 aromatic rings. The number of carboxylic acid groups (broad SMARTS) is 1. The first kappa shape index (κ1) is 22.0. The van der Waals surface area contributed by atoms with Crippen molar-refractivity contribution in [3.05, 3.63) is 68.4 Å². The Bertz CT molecular complexity index is 1100. The molecular formula is C20H16Cl2N2O5S. The maximum absolute atomic E-state index is 11.6. The van der Waals surface area contributed by atoms with Crippen molar-refractivity contribution in [2.45, 2.75) is 18.8 Å². The first-order valence-corrected chi connectivity index (χ1v) is 10.1. The lowest BCUT2D eigenvalue weighted by molar-refractivity contribution is -0.131. The van der Waals surface area contributed by atoms with Gasteiger partial charge in [0.05, 0.1) is 17.2 Å². The Morgan fingerprint density at radius 2 is 1.97 bits per heavy atom. The third-order valence-corrected chi connectivity index (χ3v) is 5.37. The van der Waals surface area contributed by atoms with E-state index in [1.807, 2.05) is 6.07 Å². The number of benzene rings is 2. The zero-order chi connectivity index (χ0) is 21.7. The Morgan fingerprint density at radius 1 is 1.17 bits per heavy atom. The van der Waals surface area contributed by atoms with Crippen LogP contribution in [0.1, 0.15) is 17.0 Å². The van der Waals surface area contributed by atoms with Gasteiger partial charge in [-0.3, -0.25) is 0 Å². The van der Waals surface area contributed by atoms with Crippen molar-refractivity contribution in [2.75, 3.05) is 7.11 Å². The van der Waals surface area contributed by atoms with Gasteiger partial charge in [0.15, 0.2) is 11.5 Å². The van der Waals surface area contributed by atoms with Gasteiger partial charge in [-0.1, -0.05) is 35.3 Å². The number of aliphatic carboxylic acids is 1. The van der Waals surface area contributed by atoms with E-state index in [2.05, 4.69) is 10.2 Å². The summed E-state index contributed by atoms with van der Waals surface area (Å²) in [4.78, 5) is 11.6. The van der Waals surface area contributed by atoms with Gasteiger partial charge in [-0.15, -0.1) is 10.2 Å². The molecule has 10 heteroatoms. The lowest BCUT2D eigenvalue weighted by Gasteiger charge is -2.12. The maximum atomic E-state index is 11.6. The van der Waals surface area contributed by atoms with Gasteiger partial charge in [0.25, 0.3) is 5.22 Å². The monoisotopic (exact) mass is 466 g/mol. The van der Waals surface area contributed by atoms with Crippen LogP contribution in [0.15, 0.2) is 50.9 Å². The Kier molecular flexibility index (Phi) is 7.25. The second-order valence-electron chi connectivity index (χ2n) is 5.95. The standard InChI is InChI=1S/C20H16Cl2N2O5S/c1-11-23-24-20(29-11)30-18(19(25)26)9-12-4-6-16(17(8-12)27-2)28-10-13-3-5-14(21)15(22)7-13/h3-9H,10H2,1-2H3,(H,25,26)/b18-9-. The van der Waals surface area contributed by atoms with E-state index in [1.165, 1.54) is 13.2 Å². The van der Waals surface area contributed by atoms with Crippen molar-refractivity contribution in [1.82, 2.24) is 10.2 Å². The molecule has 0 bridgehead atoms. The highest BCUT2D eigenvalue weighted by molar-refractivity contribution is 8.03. The maximum Gasteiger partial charge on any atom is 0.342 e. The fourth-order valence-electron chi connectivity index (χ4n) is 2.38. The zero-order valence-electron chi connectivity index (χ0n) is 15.9. The number of hydrogen-bond donors (Lipinski definition) is 1. The molecule has 0 amide bonds. The lowest BCUT2D eigenvalue weighted by Crippen LogP contribution is -1.99. The summed E-state index contributed by atoms with van der Waals surface area (Å²) in [5, 5.41) is 18.0. The van der Waals surface area contributed by atoms with Crippen LogP contribution < -0.4 is 9.47 Å². The normalized spacial score (nSPS) is 11.4. The number of thioether (sulfide) groups is 1. The molecule has 30 heavy (non-hydrogen) atoms. The van der Waals surface area contributed by atoms with Gasteiger partial charge in [0.1, 0.15) is 11.5 Å². The molecule has 3 rings (SSSR count). The van der Waals surface area contributed by atoms with E-state index in [0.717, 1.165) is 17.3 Å². The number of ether oxygens (including phenoxy) is 2. The van der Waals surface area contributed by atoms with Gasteiger partial charge in [-0.05, 0) is 53.2 Å². The highest BCUT2D eigenvalue weighted by Gasteiger charge is 2.15. The van der Waals surface area contributed by atoms with Crippen LogP contribution in [0.3, 0.4) is 0 Å². The SMILES string of the molecule is COc1cc(/C=C(\Sc2nnc(C)o2)C(=O)O)ccc1OCc1ccc(Cl)c(Cl)c1. The summed E-state index contributed by atoms with van der Waals surface area (Å²) in [6.07, 6.45) is 1.48. The zero-order valence-corrected chi connectivity index (χ0v) is 18.2. The van der Waals surface area contributed by atoms with Crippen molar-refractivity contribution in [1.29, 1.82) is 0 Å². The molecule has 2 aromatic carbocycles. The van der Waals surface area contributed by atoms with Crippen LogP contribution in [0, 0.1) is 6.92 Å². The topological polar surface area (TPSA) is 94.7 Å². The van der Waals surface area contributed by atoms with E-state index in [-0.39, 0.29) is 16.7 Å². The number of halogens is 2. The van der Waals surface area contributed by atoms with Crippen LogP contribution in [-0.2, 0) is 11.4 Å². The first-order chi connectivity index (χ1) is 14.4. The molecule has 0 aliphatic carbocycles. The molecule has 0 unspecified atom stereocenters. The van der Waals surface area contributed by atoms with Gasteiger partial charge >= 0.3 is 5.97 Å². The minimum atomic E-state index is -1.12. The highest BCUT2D eigenvalue weighted by atomic mass is 35.5. The van der Waals surface area contributed by atoms with Crippen molar-refractivity contribution in [3.8, 4) is 11.5 Å². The van der Waals surface area contributed by atoms with E-state index >= 15 is 0 Å². The number of carboxylic acids is 1. The molecule has 0 atom stereocenters. The highest BCUT2D eigenvalue weighted by Crippen LogP contribution is 2.32. The number of carbonyl (C=O) groups is 1. The quantitative estimate of drug-likeness (QED) is 0.343.